The van der Waals surface area contributed by atoms with Gasteiger partial charge in [-0.05, 0) is 6.07 Å². The Morgan fingerprint density at radius 2 is 1.94 bits per heavy atom. The highest BCUT2D eigenvalue weighted by molar-refractivity contribution is 6.64. The van der Waals surface area contributed by atoms with Gasteiger partial charge in [0.2, 0.25) is 5.78 Å². The number of halogens is 2. The lowest BCUT2D eigenvalue weighted by Crippen LogP contribution is -2.17. The topological polar surface area (TPSA) is 69.4 Å². The third-order valence-electron chi connectivity index (χ3n) is 2.09. The summed E-state index contributed by atoms with van der Waals surface area (Å²) in [6.45, 7) is 0. The third kappa shape index (κ3) is 1.56. The highest BCUT2D eigenvalue weighted by atomic mass is 35.5. The smallest absolute Gasteiger partial charge is 0.409 e. The number of amides is 1. The van der Waals surface area contributed by atoms with Gasteiger partial charge in [-0.15, -0.1) is 0 Å². The highest BCUT2D eigenvalue weighted by Gasteiger charge is 2.31. The molecule has 2 rings (SSSR count). The van der Waals surface area contributed by atoms with Crippen LogP contribution in [0.3, 0.4) is 0 Å². The van der Waals surface area contributed by atoms with Crippen molar-refractivity contribution < 1.29 is 14.3 Å². The van der Waals surface area contributed by atoms with Gasteiger partial charge in [0.15, 0.2) is 0 Å². The molecule has 6 heteroatoms. The monoisotopic (exact) mass is 257 g/mol. The third-order valence-corrected chi connectivity index (χ3v) is 2.94. The molecule has 0 unspecified atom stereocenters. The van der Waals surface area contributed by atoms with E-state index in [0.29, 0.717) is 5.56 Å². The number of fused-ring (bicyclic) bond motifs is 1. The van der Waals surface area contributed by atoms with Gasteiger partial charge >= 0.3 is 6.09 Å². The van der Waals surface area contributed by atoms with Crippen LogP contribution in [-0.4, -0.2) is 11.9 Å². The minimum Gasteiger partial charge on any atom is -0.410 e. The summed E-state index contributed by atoms with van der Waals surface area (Å²) in [5, 5.41) is 0.0637. The second-order valence-electron chi connectivity index (χ2n) is 3.06. The molecule has 16 heavy (non-hydrogen) atoms. The number of Topliss-reactive ketones (excluding diaryl/α,β-unsaturated/α-hetero) is 1. The molecule has 0 heterocycles. The predicted octanol–water partition coefficient (Wildman–Crippen LogP) is 2.49. The van der Waals surface area contributed by atoms with Crippen LogP contribution in [0, 0.1) is 0 Å². The molecule has 4 nitrogen and oxygen atoms in total. The second kappa shape index (κ2) is 3.81. The molecule has 0 saturated carbocycles. The molecule has 1 aromatic carbocycles. The summed E-state index contributed by atoms with van der Waals surface area (Å²) in [5.74, 6) is -0.415. The first-order valence-electron chi connectivity index (χ1n) is 4.23. The maximum atomic E-state index is 11.7. The van der Waals surface area contributed by atoms with Gasteiger partial charge in [-0.25, -0.2) is 4.79 Å². The average Bonchev–Trinajstić information content (AvgIpc) is 2.44. The van der Waals surface area contributed by atoms with Crippen molar-refractivity contribution >= 4 is 40.1 Å². The van der Waals surface area contributed by atoms with E-state index in [2.05, 4.69) is 0 Å². The van der Waals surface area contributed by atoms with Crippen LogP contribution in [0.1, 0.15) is 15.9 Å². The van der Waals surface area contributed by atoms with Crippen LogP contribution in [0.5, 0.6) is 5.75 Å². The van der Waals surface area contributed by atoms with Crippen molar-refractivity contribution in [3.63, 3.8) is 0 Å². The van der Waals surface area contributed by atoms with Gasteiger partial charge in [0.1, 0.15) is 10.8 Å². The lowest BCUT2D eigenvalue weighted by Gasteiger charge is -2.05. The molecule has 0 spiro atoms. The van der Waals surface area contributed by atoms with E-state index in [1.54, 1.807) is 12.1 Å². The molecule has 2 N–H and O–H groups in total. The Morgan fingerprint density at radius 1 is 1.25 bits per heavy atom. The molecular formula is C10H5Cl2NO3. The summed E-state index contributed by atoms with van der Waals surface area (Å²) < 4.78 is 4.70. The van der Waals surface area contributed by atoms with Gasteiger partial charge in [-0.1, -0.05) is 35.3 Å². The Kier molecular flexibility index (Phi) is 2.61. The number of carbonyl (C=O) groups excluding carboxylic acids is 2. The van der Waals surface area contributed by atoms with E-state index in [1.165, 1.54) is 6.07 Å². The second-order valence-corrected chi connectivity index (χ2v) is 3.81. The van der Waals surface area contributed by atoms with E-state index >= 15 is 0 Å². The number of ketones is 1. The fraction of sp³-hybridized carbons (Fsp3) is 0. The molecule has 0 aliphatic heterocycles. The van der Waals surface area contributed by atoms with Crippen LogP contribution in [0.25, 0.3) is 5.03 Å². The Balaban J connectivity index is 2.59. The van der Waals surface area contributed by atoms with Gasteiger partial charge in [0.25, 0.3) is 0 Å². The summed E-state index contributed by atoms with van der Waals surface area (Å²) >= 11 is 11.6. The van der Waals surface area contributed by atoms with Crippen molar-refractivity contribution in [1.82, 2.24) is 0 Å². The van der Waals surface area contributed by atoms with Gasteiger partial charge in [-0.2, -0.15) is 0 Å². The molecule has 0 bridgehead atoms. The highest BCUT2D eigenvalue weighted by Crippen LogP contribution is 2.41. The standard InChI is InChI=1S/C10H5Cl2NO3/c11-7-4-2-1-3-5(16-10(13)15)6(4)9(14)8(7)12/h1-3H,(H2,13,15). The zero-order chi connectivity index (χ0) is 11.9. The van der Waals surface area contributed by atoms with Crippen molar-refractivity contribution in [2.24, 2.45) is 5.73 Å². The SMILES string of the molecule is NC(=O)Oc1cccc2c1C(=O)C(Cl)=C2Cl. The summed E-state index contributed by atoms with van der Waals surface area (Å²) in [6, 6.07) is 4.64. The van der Waals surface area contributed by atoms with Gasteiger partial charge in [0, 0.05) is 5.56 Å². The lowest BCUT2D eigenvalue weighted by molar-refractivity contribution is 0.104. The molecule has 1 aromatic rings. The maximum absolute atomic E-state index is 11.7. The molecular weight excluding hydrogens is 253 g/mol. The molecule has 0 radical (unpaired) electrons. The Bertz CT molecular complexity index is 537. The van der Waals surface area contributed by atoms with Crippen molar-refractivity contribution in [1.29, 1.82) is 0 Å². The Morgan fingerprint density at radius 3 is 2.56 bits per heavy atom. The summed E-state index contributed by atoms with van der Waals surface area (Å²) in [6.07, 6.45) is -1.000. The zero-order valence-corrected chi connectivity index (χ0v) is 9.30. The van der Waals surface area contributed by atoms with Gasteiger partial charge < -0.3 is 10.5 Å². The van der Waals surface area contributed by atoms with E-state index in [4.69, 9.17) is 33.7 Å². The zero-order valence-electron chi connectivity index (χ0n) is 7.79. The first-order valence-corrected chi connectivity index (χ1v) is 4.98. The molecule has 0 fully saturated rings. The van der Waals surface area contributed by atoms with Crippen LogP contribution >= 0.6 is 23.2 Å². The van der Waals surface area contributed by atoms with E-state index < -0.39 is 11.9 Å². The number of ether oxygens (including phenoxy) is 1. The molecule has 82 valence electrons. The fourth-order valence-corrected chi connectivity index (χ4v) is 1.91. The minimum atomic E-state index is -1.000. The van der Waals surface area contributed by atoms with Crippen LogP contribution in [0.2, 0.25) is 0 Å². The van der Waals surface area contributed by atoms with Crippen molar-refractivity contribution in [2.45, 2.75) is 0 Å². The normalized spacial score (nSPS) is 14.0. The van der Waals surface area contributed by atoms with Crippen LogP contribution in [0.4, 0.5) is 4.79 Å². The lowest BCUT2D eigenvalue weighted by atomic mass is 10.1. The summed E-state index contributed by atoms with van der Waals surface area (Å²) in [4.78, 5) is 22.4. The van der Waals surface area contributed by atoms with Crippen LogP contribution in [0.15, 0.2) is 23.2 Å². The van der Waals surface area contributed by atoms with Crippen LogP contribution in [-0.2, 0) is 0 Å². The number of benzene rings is 1. The van der Waals surface area contributed by atoms with E-state index in [0.717, 1.165) is 0 Å². The Labute approximate surface area is 101 Å². The van der Waals surface area contributed by atoms with Crippen molar-refractivity contribution in [3.8, 4) is 5.75 Å². The first-order chi connectivity index (χ1) is 7.52. The molecule has 0 atom stereocenters. The van der Waals surface area contributed by atoms with E-state index in [-0.39, 0.29) is 21.4 Å². The molecule has 1 amide bonds. The summed E-state index contributed by atoms with van der Waals surface area (Å²) in [7, 11) is 0. The van der Waals surface area contributed by atoms with Gasteiger partial charge in [-0.3, -0.25) is 4.79 Å². The van der Waals surface area contributed by atoms with Gasteiger partial charge in [0.05, 0.1) is 10.6 Å². The molecule has 0 saturated heterocycles. The largest absolute Gasteiger partial charge is 0.410 e. The number of nitrogens with two attached hydrogens (primary N) is 1. The first kappa shape index (κ1) is 11.0. The fourth-order valence-electron chi connectivity index (χ4n) is 1.47. The summed E-state index contributed by atoms with van der Waals surface area (Å²) in [5.41, 5.74) is 5.48. The number of primary amides is 1. The predicted molar refractivity (Wildman–Crippen MR) is 59.6 cm³/mol. The minimum absolute atomic E-state index is 0.0591. The quantitative estimate of drug-likeness (QED) is 0.841. The molecule has 0 aromatic heterocycles. The maximum Gasteiger partial charge on any atom is 0.409 e. The number of hydrogen-bond donors (Lipinski definition) is 1. The number of rotatable bonds is 1. The Hall–Kier alpha value is -1.52. The van der Waals surface area contributed by atoms with E-state index in [9.17, 15) is 9.59 Å². The molecule has 1 aliphatic carbocycles. The van der Waals surface area contributed by atoms with Crippen molar-refractivity contribution in [3.05, 3.63) is 34.4 Å². The van der Waals surface area contributed by atoms with E-state index in [1.807, 2.05) is 0 Å². The number of carbonyl (C=O) groups is 2. The van der Waals surface area contributed by atoms with Crippen molar-refractivity contribution in [2.75, 3.05) is 0 Å². The number of allylic oxidation sites excluding steroid dienone is 1. The molecule has 1 aliphatic rings. The van der Waals surface area contributed by atoms with Crippen LogP contribution < -0.4 is 10.5 Å². The number of hydrogen-bond acceptors (Lipinski definition) is 3. The average molecular weight is 258 g/mol.